The minimum Gasteiger partial charge on any atom is -0.302 e. The number of hydrogen-bond donors (Lipinski definition) is 2. The SMILES string of the molecule is Cc1[nH]n(-c2nc(-c3ccccc3)cs2)c(=O)c1CC(=O)Nc1nccs1. The van der Waals surface area contributed by atoms with Crippen molar-refractivity contribution in [2.75, 3.05) is 5.32 Å². The molecule has 3 aromatic heterocycles. The average molecular weight is 397 g/mol. The van der Waals surface area contributed by atoms with Gasteiger partial charge in [-0.25, -0.2) is 9.97 Å². The Labute approximate surface area is 162 Å². The second kappa shape index (κ2) is 7.29. The Hall–Kier alpha value is -3.04. The number of amides is 1. The summed E-state index contributed by atoms with van der Waals surface area (Å²) in [5, 5.41) is 10.4. The summed E-state index contributed by atoms with van der Waals surface area (Å²) < 4.78 is 1.39. The molecule has 0 spiro atoms. The molecule has 0 aliphatic carbocycles. The molecule has 9 heteroatoms. The van der Waals surface area contributed by atoms with Crippen molar-refractivity contribution >= 4 is 33.7 Å². The lowest BCUT2D eigenvalue weighted by atomic mass is 10.2. The molecular weight excluding hydrogens is 382 g/mol. The third-order valence-electron chi connectivity index (χ3n) is 3.96. The van der Waals surface area contributed by atoms with E-state index in [0.717, 1.165) is 11.3 Å². The summed E-state index contributed by atoms with van der Waals surface area (Å²) in [5.41, 5.74) is 2.58. The molecule has 0 bridgehead atoms. The first-order valence-electron chi connectivity index (χ1n) is 8.13. The van der Waals surface area contributed by atoms with Crippen molar-refractivity contribution in [1.29, 1.82) is 0 Å². The van der Waals surface area contributed by atoms with E-state index in [-0.39, 0.29) is 17.9 Å². The van der Waals surface area contributed by atoms with Crippen molar-refractivity contribution in [3.05, 3.63) is 68.9 Å². The zero-order valence-corrected chi connectivity index (χ0v) is 15.9. The first-order chi connectivity index (χ1) is 13.1. The van der Waals surface area contributed by atoms with Crippen molar-refractivity contribution < 1.29 is 4.79 Å². The number of nitrogens with one attached hydrogen (secondary N) is 2. The maximum Gasteiger partial charge on any atom is 0.277 e. The van der Waals surface area contributed by atoms with E-state index in [0.29, 0.717) is 21.5 Å². The zero-order valence-electron chi connectivity index (χ0n) is 14.3. The molecule has 0 saturated heterocycles. The quantitative estimate of drug-likeness (QED) is 0.541. The molecule has 0 aliphatic heterocycles. The molecule has 1 aromatic carbocycles. The van der Waals surface area contributed by atoms with Crippen molar-refractivity contribution in [1.82, 2.24) is 19.7 Å². The van der Waals surface area contributed by atoms with Gasteiger partial charge < -0.3 is 5.32 Å². The number of carbonyl (C=O) groups is 1. The monoisotopic (exact) mass is 397 g/mol. The summed E-state index contributed by atoms with van der Waals surface area (Å²) in [5.74, 6) is -0.277. The third-order valence-corrected chi connectivity index (χ3v) is 5.48. The first-order valence-corrected chi connectivity index (χ1v) is 9.89. The fourth-order valence-corrected chi connectivity index (χ4v) is 3.98. The fourth-order valence-electron chi connectivity index (χ4n) is 2.64. The van der Waals surface area contributed by atoms with Gasteiger partial charge in [0.05, 0.1) is 12.1 Å². The average Bonchev–Trinajstić information content (AvgIpc) is 3.40. The lowest BCUT2D eigenvalue weighted by Crippen LogP contribution is -2.22. The number of benzene rings is 1. The number of carbonyl (C=O) groups excluding carboxylic acids is 1. The lowest BCUT2D eigenvalue weighted by molar-refractivity contribution is -0.115. The van der Waals surface area contributed by atoms with Gasteiger partial charge in [0.15, 0.2) is 5.13 Å². The summed E-state index contributed by atoms with van der Waals surface area (Å²) in [7, 11) is 0. The largest absolute Gasteiger partial charge is 0.302 e. The van der Waals surface area contributed by atoms with Gasteiger partial charge in [-0.15, -0.1) is 22.7 Å². The summed E-state index contributed by atoms with van der Waals surface area (Å²) in [6, 6.07) is 9.77. The van der Waals surface area contributed by atoms with Crippen LogP contribution >= 0.6 is 22.7 Å². The summed E-state index contributed by atoms with van der Waals surface area (Å²) in [6.07, 6.45) is 1.59. The molecule has 136 valence electrons. The highest BCUT2D eigenvalue weighted by atomic mass is 32.1. The molecule has 4 rings (SSSR count). The second-order valence-electron chi connectivity index (χ2n) is 5.80. The number of H-pyrrole nitrogens is 1. The highest BCUT2D eigenvalue weighted by Gasteiger charge is 2.18. The first kappa shape index (κ1) is 17.4. The predicted molar refractivity (Wildman–Crippen MR) is 107 cm³/mol. The van der Waals surface area contributed by atoms with E-state index >= 15 is 0 Å². The van der Waals surface area contributed by atoms with E-state index < -0.39 is 0 Å². The number of aryl methyl sites for hydroxylation is 1. The number of aromatic nitrogens is 4. The summed E-state index contributed by atoms with van der Waals surface area (Å²) in [6.45, 7) is 1.77. The minimum absolute atomic E-state index is 0.0232. The topological polar surface area (TPSA) is 92.7 Å². The van der Waals surface area contributed by atoms with Crippen LogP contribution in [0.2, 0.25) is 0 Å². The number of hydrogen-bond acceptors (Lipinski definition) is 6. The van der Waals surface area contributed by atoms with Crippen LogP contribution < -0.4 is 10.9 Å². The fraction of sp³-hybridized carbons (Fsp3) is 0.111. The third kappa shape index (κ3) is 3.60. The molecule has 0 atom stereocenters. The van der Waals surface area contributed by atoms with Crippen LogP contribution in [0.15, 0.2) is 52.1 Å². The number of nitrogens with zero attached hydrogens (tertiary/aromatic N) is 3. The van der Waals surface area contributed by atoms with Gasteiger partial charge in [-0.1, -0.05) is 30.3 Å². The van der Waals surface area contributed by atoms with Crippen molar-refractivity contribution in [3.8, 4) is 16.4 Å². The van der Waals surface area contributed by atoms with Crippen molar-refractivity contribution in [2.24, 2.45) is 0 Å². The smallest absolute Gasteiger partial charge is 0.277 e. The molecule has 27 heavy (non-hydrogen) atoms. The predicted octanol–water partition coefficient (Wildman–Crippen LogP) is 3.24. The highest BCUT2D eigenvalue weighted by Crippen LogP contribution is 2.23. The molecule has 0 aliphatic rings. The number of anilines is 1. The Balaban J connectivity index is 1.59. The molecule has 0 unspecified atom stereocenters. The lowest BCUT2D eigenvalue weighted by Gasteiger charge is -1.99. The Morgan fingerprint density at radius 2 is 2.07 bits per heavy atom. The van der Waals surface area contributed by atoms with Gasteiger partial charge in [-0.3, -0.25) is 14.7 Å². The Bertz CT molecular complexity index is 1130. The van der Waals surface area contributed by atoms with Crippen LogP contribution in [0.5, 0.6) is 0 Å². The number of rotatable bonds is 5. The number of aromatic amines is 1. The van der Waals surface area contributed by atoms with Gasteiger partial charge in [0, 0.05) is 33.8 Å². The van der Waals surface area contributed by atoms with E-state index in [1.807, 2.05) is 35.7 Å². The molecule has 0 fully saturated rings. The van der Waals surface area contributed by atoms with Crippen LogP contribution in [0, 0.1) is 6.92 Å². The van der Waals surface area contributed by atoms with E-state index in [1.165, 1.54) is 27.4 Å². The zero-order chi connectivity index (χ0) is 18.8. The van der Waals surface area contributed by atoms with Crippen molar-refractivity contribution in [3.63, 3.8) is 0 Å². The molecule has 1 amide bonds. The van der Waals surface area contributed by atoms with Gasteiger partial charge in [-0.2, -0.15) is 4.68 Å². The molecule has 0 saturated carbocycles. The normalized spacial score (nSPS) is 10.9. The van der Waals surface area contributed by atoms with Crippen LogP contribution in [0.3, 0.4) is 0 Å². The molecular formula is C18H15N5O2S2. The second-order valence-corrected chi connectivity index (χ2v) is 7.53. The maximum absolute atomic E-state index is 12.8. The Morgan fingerprint density at radius 1 is 1.26 bits per heavy atom. The molecule has 4 aromatic rings. The highest BCUT2D eigenvalue weighted by molar-refractivity contribution is 7.13. The summed E-state index contributed by atoms with van der Waals surface area (Å²) >= 11 is 2.70. The number of thiazole rings is 2. The molecule has 0 radical (unpaired) electrons. The minimum atomic E-state index is -0.277. The van der Waals surface area contributed by atoms with E-state index in [9.17, 15) is 9.59 Å². The van der Waals surface area contributed by atoms with Gasteiger partial charge in [0.2, 0.25) is 11.0 Å². The van der Waals surface area contributed by atoms with Crippen LogP contribution in [-0.4, -0.2) is 25.7 Å². The van der Waals surface area contributed by atoms with Gasteiger partial charge >= 0.3 is 0 Å². The maximum atomic E-state index is 12.8. The Kier molecular flexibility index (Phi) is 4.69. The van der Waals surface area contributed by atoms with Crippen LogP contribution in [-0.2, 0) is 11.2 Å². The van der Waals surface area contributed by atoms with Gasteiger partial charge in [0.1, 0.15) is 0 Å². The Morgan fingerprint density at radius 3 is 2.81 bits per heavy atom. The van der Waals surface area contributed by atoms with E-state index in [1.54, 1.807) is 18.5 Å². The molecule has 7 nitrogen and oxygen atoms in total. The van der Waals surface area contributed by atoms with Gasteiger partial charge in [-0.05, 0) is 6.92 Å². The molecule has 3 heterocycles. The van der Waals surface area contributed by atoms with E-state index in [2.05, 4.69) is 20.4 Å². The summed E-state index contributed by atoms with van der Waals surface area (Å²) in [4.78, 5) is 33.5. The van der Waals surface area contributed by atoms with Crippen LogP contribution in [0.4, 0.5) is 5.13 Å². The van der Waals surface area contributed by atoms with E-state index in [4.69, 9.17) is 0 Å². The molecule has 2 N–H and O–H groups in total. The van der Waals surface area contributed by atoms with Crippen LogP contribution in [0.1, 0.15) is 11.3 Å². The standard InChI is InChI=1S/C18H15N5O2S2/c1-11-13(9-15(24)21-17-19-7-8-26-17)16(25)23(22-11)18-20-14(10-27-18)12-5-3-2-4-6-12/h2-8,10,22H,9H2,1H3,(H,19,21,24). The van der Waals surface area contributed by atoms with Crippen LogP contribution in [0.25, 0.3) is 16.4 Å². The van der Waals surface area contributed by atoms with Gasteiger partial charge in [0.25, 0.3) is 5.56 Å². The van der Waals surface area contributed by atoms with Crippen molar-refractivity contribution in [2.45, 2.75) is 13.3 Å².